The molecule has 3 N–H and O–H groups in total. The van der Waals surface area contributed by atoms with Gasteiger partial charge in [0.05, 0.1) is 36.1 Å². The second kappa shape index (κ2) is 7.90. The standard InChI is InChI=1S/C28H23ClN2O5/c1-27-22(32)15-28(36-27,13-14-35-17-9-7-16(29)8-10-17)24-23(27)25(33)31(26(24)34)21-12-11-20(30-2)18-5-3-4-6-19(18)21/h3-12,22,32-34H,13-15H2,1H3. The van der Waals surface area contributed by atoms with Gasteiger partial charge in [-0.15, -0.1) is 0 Å². The molecular weight excluding hydrogens is 480 g/mol. The van der Waals surface area contributed by atoms with E-state index < -0.39 is 17.3 Å². The fourth-order valence-corrected chi connectivity index (χ4v) is 5.90. The molecule has 2 aliphatic rings. The van der Waals surface area contributed by atoms with Crippen molar-refractivity contribution in [3.8, 4) is 23.2 Å². The quantitative estimate of drug-likeness (QED) is 0.295. The number of rotatable bonds is 5. The zero-order valence-corrected chi connectivity index (χ0v) is 20.2. The van der Waals surface area contributed by atoms with Crippen LogP contribution in [0.3, 0.4) is 0 Å². The van der Waals surface area contributed by atoms with Crippen LogP contribution >= 0.6 is 11.6 Å². The van der Waals surface area contributed by atoms with Gasteiger partial charge in [0, 0.05) is 17.9 Å². The number of halogens is 1. The van der Waals surface area contributed by atoms with E-state index in [1.54, 1.807) is 43.3 Å². The highest BCUT2D eigenvalue weighted by molar-refractivity contribution is 6.30. The van der Waals surface area contributed by atoms with Gasteiger partial charge in [-0.25, -0.2) is 4.85 Å². The predicted molar refractivity (Wildman–Crippen MR) is 135 cm³/mol. The summed E-state index contributed by atoms with van der Waals surface area (Å²) in [5.74, 6) is 0.307. The lowest BCUT2D eigenvalue weighted by atomic mass is 9.76. The van der Waals surface area contributed by atoms with Gasteiger partial charge in [0.15, 0.2) is 5.69 Å². The van der Waals surface area contributed by atoms with Gasteiger partial charge in [-0.05, 0) is 48.0 Å². The van der Waals surface area contributed by atoms with Gasteiger partial charge in [0.1, 0.15) is 17.0 Å². The summed E-state index contributed by atoms with van der Waals surface area (Å²) in [6.07, 6.45) is -0.263. The monoisotopic (exact) mass is 502 g/mol. The lowest BCUT2D eigenvalue weighted by Crippen LogP contribution is -2.33. The number of benzene rings is 3. The molecule has 3 heterocycles. The number of aromatic hydroxyl groups is 2. The van der Waals surface area contributed by atoms with Gasteiger partial charge < -0.3 is 24.8 Å². The molecule has 36 heavy (non-hydrogen) atoms. The van der Waals surface area contributed by atoms with Crippen molar-refractivity contribution in [1.82, 2.24) is 4.57 Å². The van der Waals surface area contributed by atoms with Gasteiger partial charge in [-0.2, -0.15) is 0 Å². The van der Waals surface area contributed by atoms with Crippen LogP contribution in [0, 0.1) is 6.57 Å². The first kappa shape index (κ1) is 22.7. The number of ether oxygens (including phenoxy) is 2. The average molecular weight is 503 g/mol. The highest BCUT2D eigenvalue weighted by Gasteiger charge is 2.66. The molecule has 0 amide bonds. The van der Waals surface area contributed by atoms with Crippen molar-refractivity contribution in [2.24, 2.45) is 0 Å². The molecule has 0 saturated carbocycles. The highest BCUT2D eigenvalue weighted by Crippen LogP contribution is 2.65. The molecule has 6 rings (SSSR count). The minimum atomic E-state index is -1.19. The smallest absolute Gasteiger partial charge is 0.205 e. The molecule has 0 aliphatic carbocycles. The maximum atomic E-state index is 11.5. The van der Waals surface area contributed by atoms with E-state index >= 15 is 0 Å². The second-order valence-electron chi connectivity index (χ2n) is 9.47. The molecule has 0 spiro atoms. The van der Waals surface area contributed by atoms with Crippen molar-refractivity contribution in [3.05, 3.63) is 88.2 Å². The Hall–Kier alpha value is -3.70. The molecule has 8 heteroatoms. The predicted octanol–water partition coefficient (Wildman–Crippen LogP) is 5.92. The third-order valence-corrected chi connectivity index (χ3v) is 7.72. The maximum absolute atomic E-state index is 11.5. The first-order chi connectivity index (χ1) is 17.3. The summed E-state index contributed by atoms with van der Waals surface area (Å²) < 4.78 is 13.7. The lowest BCUT2D eigenvalue weighted by Gasteiger charge is -2.26. The van der Waals surface area contributed by atoms with Crippen LogP contribution in [0.2, 0.25) is 5.02 Å². The number of nitrogens with zero attached hydrogens (tertiary/aromatic N) is 2. The van der Waals surface area contributed by atoms with Crippen molar-refractivity contribution in [3.63, 3.8) is 0 Å². The molecule has 1 saturated heterocycles. The molecular formula is C28H23ClN2O5. The van der Waals surface area contributed by atoms with Crippen LogP contribution in [-0.4, -0.2) is 32.6 Å². The largest absolute Gasteiger partial charge is 0.494 e. The molecule has 1 aromatic heterocycles. The fraction of sp³-hybridized carbons (Fsp3) is 0.250. The van der Waals surface area contributed by atoms with E-state index in [4.69, 9.17) is 27.6 Å². The van der Waals surface area contributed by atoms with Crippen molar-refractivity contribution in [2.45, 2.75) is 37.1 Å². The second-order valence-corrected chi connectivity index (χ2v) is 9.91. The summed E-state index contributed by atoms with van der Waals surface area (Å²) in [6.45, 7) is 9.48. The van der Waals surface area contributed by atoms with Crippen LogP contribution < -0.4 is 4.74 Å². The Labute approximate surface area is 212 Å². The summed E-state index contributed by atoms with van der Waals surface area (Å²) in [5, 5.41) is 36.0. The minimum absolute atomic E-state index is 0.148. The Morgan fingerprint density at radius 2 is 1.75 bits per heavy atom. The third kappa shape index (κ3) is 3.05. The van der Waals surface area contributed by atoms with E-state index in [1.165, 1.54) is 4.57 Å². The third-order valence-electron chi connectivity index (χ3n) is 7.47. The summed E-state index contributed by atoms with van der Waals surface area (Å²) in [5.41, 5.74) is -0.361. The Balaban J connectivity index is 1.45. The number of aromatic nitrogens is 1. The molecule has 4 aromatic rings. The van der Waals surface area contributed by atoms with Crippen molar-refractivity contribution in [1.29, 1.82) is 0 Å². The molecule has 1 fully saturated rings. The van der Waals surface area contributed by atoms with Crippen LogP contribution in [0.1, 0.15) is 30.9 Å². The van der Waals surface area contributed by atoms with Crippen molar-refractivity contribution >= 4 is 28.1 Å². The maximum Gasteiger partial charge on any atom is 0.205 e. The van der Waals surface area contributed by atoms with E-state index in [0.29, 0.717) is 50.5 Å². The normalized spacial score (nSPS) is 24.1. The Morgan fingerprint density at radius 3 is 2.47 bits per heavy atom. The molecule has 182 valence electrons. The van der Waals surface area contributed by atoms with Gasteiger partial charge in [-0.3, -0.25) is 4.57 Å². The van der Waals surface area contributed by atoms with Crippen LogP contribution in [0.5, 0.6) is 17.5 Å². The zero-order valence-electron chi connectivity index (χ0n) is 19.4. The Kier molecular flexibility index (Phi) is 4.99. The molecule has 7 nitrogen and oxygen atoms in total. The molecule has 3 atom stereocenters. The molecule has 3 unspecified atom stereocenters. The van der Waals surface area contributed by atoms with E-state index in [9.17, 15) is 15.3 Å². The van der Waals surface area contributed by atoms with E-state index in [1.807, 2.05) is 24.3 Å². The highest BCUT2D eigenvalue weighted by atomic mass is 35.5. The topological polar surface area (TPSA) is 88.4 Å². The summed E-state index contributed by atoms with van der Waals surface area (Å²) in [6, 6.07) is 17.8. The van der Waals surface area contributed by atoms with Crippen LogP contribution in [0.25, 0.3) is 21.3 Å². The Morgan fingerprint density at radius 1 is 1.06 bits per heavy atom. The molecule has 2 bridgehead atoms. The van der Waals surface area contributed by atoms with Gasteiger partial charge >= 0.3 is 0 Å². The minimum Gasteiger partial charge on any atom is -0.494 e. The van der Waals surface area contributed by atoms with Gasteiger partial charge in [0.2, 0.25) is 11.8 Å². The molecule has 3 aromatic carbocycles. The van der Waals surface area contributed by atoms with Crippen LogP contribution in [-0.2, 0) is 15.9 Å². The Bertz CT molecular complexity index is 1560. The van der Waals surface area contributed by atoms with Gasteiger partial charge in [0.25, 0.3) is 0 Å². The van der Waals surface area contributed by atoms with E-state index in [2.05, 4.69) is 4.85 Å². The fourth-order valence-electron chi connectivity index (χ4n) is 5.77. The van der Waals surface area contributed by atoms with Gasteiger partial charge in [-0.1, -0.05) is 41.9 Å². The summed E-state index contributed by atoms with van der Waals surface area (Å²) in [7, 11) is 0. The number of hydrogen-bond donors (Lipinski definition) is 3. The van der Waals surface area contributed by atoms with Crippen LogP contribution in [0.15, 0.2) is 60.7 Å². The van der Waals surface area contributed by atoms with E-state index in [-0.39, 0.29) is 24.8 Å². The molecule has 2 aliphatic heterocycles. The van der Waals surface area contributed by atoms with E-state index in [0.717, 1.165) is 0 Å². The van der Waals surface area contributed by atoms with Crippen LogP contribution in [0.4, 0.5) is 5.69 Å². The summed E-state index contributed by atoms with van der Waals surface area (Å²) in [4.78, 5) is 3.60. The van der Waals surface area contributed by atoms with Crippen molar-refractivity contribution in [2.75, 3.05) is 6.61 Å². The number of aliphatic hydroxyl groups excluding tert-OH is 1. The first-order valence-corrected chi connectivity index (χ1v) is 12.0. The number of fused-ring (bicyclic) bond motifs is 6. The number of aliphatic hydroxyl groups is 1. The summed E-state index contributed by atoms with van der Waals surface area (Å²) >= 11 is 5.95. The molecule has 0 radical (unpaired) electrons. The first-order valence-electron chi connectivity index (χ1n) is 11.6. The van der Waals surface area contributed by atoms with Crippen molar-refractivity contribution < 1.29 is 24.8 Å². The zero-order chi connectivity index (χ0) is 25.2. The SMILES string of the molecule is [C-]#[N+]c1ccc(-n2c(O)c3c(c2O)C2(C)OC3(CCOc3ccc(Cl)cc3)CC2O)c2ccccc12. The lowest BCUT2D eigenvalue weighted by molar-refractivity contribution is -0.107. The average Bonchev–Trinajstić information content (AvgIpc) is 3.41. The number of hydrogen-bond acceptors (Lipinski definition) is 5.